The van der Waals surface area contributed by atoms with Gasteiger partial charge in [-0.25, -0.2) is 4.98 Å². The van der Waals surface area contributed by atoms with E-state index in [2.05, 4.69) is 58.1 Å². The highest BCUT2D eigenvalue weighted by atomic mass is 79.9. The maximum atomic E-state index is 11.8. The van der Waals surface area contributed by atoms with Crippen LogP contribution in [0.3, 0.4) is 0 Å². The molecule has 84 valence electrons. The molecule has 2 aromatic rings. The van der Waals surface area contributed by atoms with Gasteiger partial charge in [0.2, 0.25) is 0 Å². The van der Waals surface area contributed by atoms with E-state index in [0.29, 0.717) is 10.0 Å². The zero-order valence-electron chi connectivity index (χ0n) is 7.46. The van der Waals surface area contributed by atoms with Crippen molar-refractivity contribution in [1.29, 1.82) is 0 Å². The van der Waals surface area contributed by atoms with Gasteiger partial charge in [-0.15, -0.1) is 11.3 Å². The summed E-state index contributed by atoms with van der Waals surface area (Å²) in [5.41, 5.74) is 0. The molecule has 2 aromatic heterocycles. The van der Waals surface area contributed by atoms with Crippen LogP contribution in [0.4, 0.5) is 5.13 Å². The topological polar surface area (TPSA) is 42.0 Å². The van der Waals surface area contributed by atoms with E-state index in [0.717, 1.165) is 12.0 Å². The molecule has 1 N–H and O–H groups in total. The lowest BCUT2D eigenvalue weighted by Gasteiger charge is -1.96. The van der Waals surface area contributed by atoms with E-state index in [4.69, 9.17) is 0 Å². The van der Waals surface area contributed by atoms with Crippen LogP contribution in [0.25, 0.3) is 0 Å². The fraction of sp³-hybridized carbons (Fsp3) is 0. The highest BCUT2D eigenvalue weighted by Gasteiger charge is 2.13. The molecule has 1 amide bonds. The number of halogens is 3. The molecule has 0 bridgehead atoms. The van der Waals surface area contributed by atoms with Gasteiger partial charge in [-0.05, 0) is 53.9 Å². The molecule has 3 nitrogen and oxygen atoms in total. The van der Waals surface area contributed by atoms with Crippen molar-refractivity contribution in [3.63, 3.8) is 0 Å². The van der Waals surface area contributed by atoms with Crippen molar-refractivity contribution < 1.29 is 4.79 Å². The van der Waals surface area contributed by atoms with E-state index in [9.17, 15) is 4.79 Å². The Labute approximate surface area is 125 Å². The predicted molar refractivity (Wildman–Crippen MR) is 77.5 cm³/mol. The van der Waals surface area contributed by atoms with Crippen LogP contribution in [0, 0.1) is 0 Å². The molecule has 0 aliphatic rings. The first-order chi connectivity index (χ1) is 7.56. The molecule has 0 unspecified atom stereocenters. The van der Waals surface area contributed by atoms with Crippen LogP contribution >= 0.6 is 70.5 Å². The highest BCUT2D eigenvalue weighted by molar-refractivity contribution is 9.13. The minimum absolute atomic E-state index is 0.154. The minimum Gasteiger partial charge on any atom is -0.297 e. The number of anilines is 1. The molecule has 0 aliphatic carbocycles. The largest absolute Gasteiger partial charge is 0.297 e. The molecule has 0 radical (unpaired) electrons. The zero-order valence-corrected chi connectivity index (χ0v) is 13.9. The van der Waals surface area contributed by atoms with Crippen molar-refractivity contribution in [3.05, 3.63) is 29.2 Å². The zero-order chi connectivity index (χ0) is 11.7. The minimum atomic E-state index is -0.154. The Bertz CT molecular complexity index is 518. The van der Waals surface area contributed by atoms with E-state index < -0.39 is 0 Å². The molecule has 2 rings (SSSR count). The van der Waals surface area contributed by atoms with Crippen LogP contribution in [0.5, 0.6) is 0 Å². The highest BCUT2D eigenvalue weighted by Crippen LogP contribution is 2.33. The number of hydrogen-bond donors (Lipinski definition) is 1. The quantitative estimate of drug-likeness (QED) is 0.723. The van der Waals surface area contributed by atoms with Gasteiger partial charge in [-0.1, -0.05) is 11.3 Å². The summed E-state index contributed by atoms with van der Waals surface area (Å²) in [5, 5.41) is 3.31. The van der Waals surface area contributed by atoms with Gasteiger partial charge in [-0.2, -0.15) is 0 Å². The molecule has 0 aliphatic heterocycles. The lowest BCUT2D eigenvalue weighted by atomic mass is 10.4. The maximum Gasteiger partial charge on any atom is 0.267 e. The van der Waals surface area contributed by atoms with Crippen LogP contribution in [-0.2, 0) is 0 Å². The Morgan fingerprint density at radius 3 is 2.56 bits per heavy atom. The van der Waals surface area contributed by atoms with E-state index in [1.165, 1.54) is 22.7 Å². The monoisotopic (exact) mass is 444 g/mol. The summed E-state index contributed by atoms with van der Waals surface area (Å²) in [6.45, 7) is 0. The van der Waals surface area contributed by atoms with Crippen molar-refractivity contribution in [2.45, 2.75) is 0 Å². The Balaban J connectivity index is 2.14. The Morgan fingerprint density at radius 1 is 1.31 bits per heavy atom. The van der Waals surface area contributed by atoms with E-state index in [-0.39, 0.29) is 5.91 Å². The number of rotatable bonds is 2. The molecule has 0 spiro atoms. The summed E-state index contributed by atoms with van der Waals surface area (Å²) in [6.07, 6.45) is 1.65. The van der Waals surface area contributed by atoms with Crippen LogP contribution < -0.4 is 5.32 Å². The number of hydrogen-bond acceptors (Lipinski definition) is 4. The van der Waals surface area contributed by atoms with Crippen LogP contribution in [0.2, 0.25) is 0 Å². The molecule has 0 atom stereocenters. The summed E-state index contributed by atoms with van der Waals surface area (Å²) in [7, 11) is 0. The van der Waals surface area contributed by atoms with Crippen molar-refractivity contribution in [2.24, 2.45) is 0 Å². The van der Waals surface area contributed by atoms with Gasteiger partial charge >= 0.3 is 0 Å². The second-order valence-corrected chi connectivity index (χ2v) is 8.29. The van der Waals surface area contributed by atoms with Crippen LogP contribution in [0.15, 0.2) is 24.3 Å². The molecule has 2 heterocycles. The molecular formula is C8H3Br3N2OS2. The number of thiazole rings is 1. The van der Waals surface area contributed by atoms with Gasteiger partial charge in [0.15, 0.2) is 5.13 Å². The number of carbonyl (C=O) groups excluding carboxylic acids is 1. The van der Waals surface area contributed by atoms with Crippen molar-refractivity contribution >= 4 is 81.5 Å². The smallest absolute Gasteiger partial charge is 0.267 e. The normalized spacial score (nSPS) is 10.4. The van der Waals surface area contributed by atoms with Gasteiger partial charge in [-0.3, -0.25) is 10.1 Å². The van der Waals surface area contributed by atoms with Gasteiger partial charge in [0.05, 0.1) is 18.6 Å². The summed E-state index contributed by atoms with van der Waals surface area (Å²) in [6, 6.07) is 1.77. The first kappa shape index (κ1) is 12.7. The second-order valence-electron chi connectivity index (χ2n) is 2.66. The average Bonchev–Trinajstić information content (AvgIpc) is 2.75. The van der Waals surface area contributed by atoms with E-state index in [1.54, 1.807) is 12.3 Å². The maximum absolute atomic E-state index is 11.8. The predicted octanol–water partition coefficient (Wildman–Crippen LogP) is 4.74. The fourth-order valence-electron chi connectivity index (χ4n) is 0.929. The average molecular weight is 447 g/mol. The fourth-order valence-corrected chi connectivity index (χ4v) is 3.96. The van der Waals surface area contributed by atoms with E-state index >= 15 is 0 Å². The van der Waals surface area contributed by atoms with Crippen LogP contribution in [0.1, 0.15) is 9.67 Å². The number of carbonyl (C=O) groups is 1. The lowest BCUT2D eigenvalue weighted by molar-refractivity contribution is 0.103. The van der Waals surface area contributed by atoms with Crippen LogP contribution in [-0.4, -0.2) is 10.9 Å². The Hall–Kier alpha value is 0.240. The summed E-state index contributed by atoms with van der Waals surface area (Å²) in [4.78, 5) is 16.5. The SMILES string of the molecule is O=C(Nc1ncc(Br)s1)c1cc(Br)c(Br)s1. The third kappa shape index (κ3) is 2.92. The number of amides is 1. The third-order valence-corrected chi connectivity index (χ3v) is 6.21. The number of aromatic nitrogens is 1. The molecule has 0 saturated carbocycles. The number of thiophene rings is 1. The third-order valence-electron chi connectivity index (χ3n) is 1.57. The molecule has 16 heavy (non-hydrogen) atoms. The second kappa shape index (κ2) is 5.26. The summed E-state index contributed by atoms with van der Waals surface area (Å²) in [5.74, 6) is -0.154. The molecule has 8 heteroatoms. The first-order valence-corrected chi connectivity index (χ1v) is 7.95. The van der Waals surface area contributed by atoms with Crippen molar-refractivity contribution in [3.8, 4) is 0 Å². The summed E-state index contributed by atoms with van der Waals surface area (Å²) < 4.78 is 2.66. The summed E-state index contributed by atoms with van der Waals surface area (Å²) >= 11 is 12.7. The Morgan fingerprint density at radius 2 is 2.06 bits per heavy atom. The molecule has 0 aromatic carbocycles. The Kier molecular flexibility index (Phi) is 4.17. The standard InChI is InChI=1S/C8H3Br3N2OS2/c9-3-1-4(15-6(3)11)7(14)13-8-12-2-5(10)16-8/h1-2H,(H,12,13,14). The number of nitrogens with zero attached hydrogens (tertiary/aromatic N) is 1. The lowest BCUT2D eigenvalue weighted by Crippen LogP contribution is -2.09. The molecule has 0 saturated heterocycles. The first-order valence-electron chi connectivity index (χ1n) is 3.94. The number of nitrogens with one attached hydrogen (secondary N) is 1. The van der Waals surface area contributed by atoms with Gasteiger partial charge in [0.1, 0.15) is 0 Å². The van der Waals surface area contributed by atoms with Gasteiger partial charge in [0, 0.05) is 4.47 Å². The van der Waals surface area contributed by atoms with E-state index in [1.807, 2.05) is 0 Å². The van der Waals surface area contributed by atoms with Crippen molar-refractivity contribution in [2.75, 3.05) is 5.32 Å². The van der Waals surface area contributed by atoms with Crippen molar-refractivity contribution in [1.82, 2.24) is 4.98 Å². The van der Waals surface area contributed by atoms with Gasteiger partial charge < -0.3 is 0 Å². The van der Waals surface area contributed by atoms with Gasteiger partial charge in [0.25, 0.3) is 5.91 Å². The molecule has 0 fully saturated rings. The molecular weight excluding hydrogens is 444 g/mol.